The molecule has 114 valence electrons. The first kappa shape index (κ1) is 17.4. The summed E-state index contributed by atoms with van der Waals surface area (Å²) in [5.74, 6) is -1.28. The first-order chi connectivity index (χ1) is 9.50. The van der Waals surface area contributed by atoms with Gasteiger partial charge in [-0.2, -0.15) is 9.57 Å². The van der Waals surface area contributed by atoms with Crippen LogP contribution < -0.4 is 0 Å². The molecule has 0 fully saturated rings. The number of rotatable bonds is 4. The molecule has 8 heteroatoms. The van der Waals surface area contributed by atoms with Gasteiger partial charge in [-0.3, -0.25) is 4.79 Å². The van der Waals surface area contributed by atoms with Gasteiger partial charge in [0.2, 0.25) is 10.0 Å². The van der Waals surface area contributed by atoms with Crippen LogP contribution in [0.1, 0.15) is 26.3 Å². The molecule has 0 unspecified atom stereocenters. The summed E-state index contributed by atoms with van der Waals surface area (Å²) in [6.45, 7) is 4.04. The van der Waals surface area contributed by atoms with Crippen LogP contribution in [0.15, 0.2) is 23.1 Å². The predicted molar refractivity (Wildman–Crippen MR) is 77.4 cm³/mol. The van der Waals surface area contributed by atoms with Gasteiger partial charge < -0.3 is 5.11 Å². The van der Waals surface area contributed by atoms with E-state index in [4.69, 9.17) is 22.0 Å². The molecule has 0 aliphatic heterocycles. The number of nitriles is 1. The topological polar surface area (TPSA) is 98.5 Å². The maximum Gasteiger partial charge on any atom is 0.318 e. The lowest BCUT2D eigenvalue weighted by Gasteiger charge is -2.33. The lowest BCUT2D eigenvalue weighted by molar-refractivity contribution is -0.138. The van der Waals surface area contributed by atoms with Gasteiger partial charge in [-0.15, -0.1) is 0 Å². The normalized spacial score (nSPS) is 12.2. The average molecular weight is 331 g/mol. The quantitative estimate of drug-likeness (QED) is 0.911. The molecule has 0 spiro atoms. The number of carbonyl (C=O) groups is 1. The summed E-state index contributed by atoms with van der Waals surface area (Å²) in [5.41, 5.74) is -0.828. The van der Waals surface area contributed by atoms with Crippen LogP contribution in [0, 0.1) is 11.3 Å². The summed E-state index contributed by atoms with van der Waals surface area (Å²) in [6, 6.07) is 5.65. The van der Waals surface area contributed by atoms with E-state index in [2.05, 4.69) is 0 Å². The lowest BCUT2D eigenvalue weighted by Crippen LogP contribution is -2.48. The molecule has 0 aliphatic carbocycles. The smallest absolute Gasteiger partial charge is 0.318 e. The van der Waals surface area contributed by atoms with Crippen LogP contribution in [-0.4, -0.2) is 35.9 Å². The zero-order valence-corrected chi connectivity index (χ0v) is 13.4. The first-order valence-corrected chi connectivity index (χ1v) is 7.76. The Hall–Kier alpha value is -1.62. The second kappa shape index (κ2) is 6.02. The van der Waals surface area contributed by atoms with E-state index in [0.29, 0.717) is 0 Å². The van der Waals surface area contributed by atoms with Crippen molar-refractivity contribution in [2.24, 2.45) is 0 Å². The maximum atomic E-state index is 12.7. The Kier molecular flexibility index (Phi) is 4.99. The van der Waals surface area contributed by atoms with Crippen LogP contribution in [0.5, 0.6) is 0 Å². The van der Waals surface area contributed by atoms with Gasteiger partial charge in [0, 0.05) is 5.54 Å². The van der Waals surface area contributed by atoms with E-state index in [1.54, 1.807) is 20.8 Å². The summed E-state index contributed by atoms with van der Waals surface area (Å²) in [6.07, 6.45) is 0. The van der Waals surface area contributed by atoms with Gasteiger partial charge in [-0.25, -0.2) is 8.42 Å². The van der Waals surface area contributed by atoms with E-state index in [9.17, 15) is 13.2 Å². The largest absolute Gasteiger partial charge is 0.480 e. The summed E-state index contributed by atoms with van der Waals surface area (Å²) < 4.78 is 26.2. The van der Waals surface area contributed by atoms with Gasteiger partial charge in [0.05, 0.1) is 16.7 Å². The number of carboxylic acid groups (broad SMARTS) is 1. The van der Waals surface area contributed by atoms with Gasteiger partial charge >= 0.3 is 5.97 Å². The molecule has 0 atom stereocenters. The van der Waals surface area contributed by atoms with Crippen LogP contribution >= 0.6 is 11.6 Å². The monoisotopic (exact) mass is 330 g/mol. The first-order valence-electron chi connectivity index (χ1n) is 5.94. The molecule has 0 bridgehead atoms. The third-order valence-electron chi connectivity index (χ3n) is 2.66. The third kappa shape index (κ3) is 3.94. The van der Waals surface area contributed by atoms with E-state index in [-0.39, 0.29) is 15.5 Å². The second-order valence-corrected chi connectivity index (χ2v) is 7.57. The van der Waals surface area contributed by atoms with E-state index in [1.165, 1.54) is 12.1 Å². The van der Waals surface area contributed by atoms with E-state index < -0.39 is 28.1 Å². The minimum absolute atomic E-state index is 0.0614. The maximum absolute atomic E-state index is 12.7. The molecule has 0 saturated carbocycles. The molecule has 1 rings (SSSR count). The number of aliphatic carboxylic acids is 1. The third-order valence-corrected chi connectivity index (χ3v) is 5.25. The Morgan fingerprint density at radius 3 is 2.43 bits per heavy atom. The Balaban J connectivity index is 3.50. The van der Waals surface area contributed by atoms with Gasteiger partial charge in [0.25, 0.3) is 0 Å². The van der Waals surface area contributed by atoms with Crippen LogP contribution in [0.2, 0.25) is 5.02 Å². The second-order valence-electron chi connectivity index (χ2n) is 5.33. The standard InChI is InChI=1S/C13H15ClN2O4S/c1-13(2,3)16(8-12(17)18)21(19,20)11-6-9(7-15)4-5-10(11)14/h4-6H,8H2,1-3H3,(H,17,18). The molecule has 0 saturated heterocycles. The van der Waals surface area contributed by atoms with Crippen molar-refractivity contribution >= 4 is 27.6 Å². The van der Waals surface area contributed by atoms with Crippen LogP contribution in [0.3, 0.4) is 0 Å². The predicted octanol–water partition coefficient (Wildman–Crippen LogP) is 2.09. The Morgan fingerprint density at radius 1 is 1.43 bits per heavy atom. The number of hydrogen-bond donors (Lipinski definition) is 1. The molecule has 0 aromatic heterocycles. The van der Waals surface area contributed by atoms with Crippen LogP contribution in [-0.2, 0) is 14.8 Å². The Bertz CT molecular complexity index is 702. The molecule has 1 aromatic rings. The molecule has 21 heavy (non-hydrogen) atoms. The molecule has 6 nitrogen and oxygen atoms in total. The number of sulfonamides is 1. The van der Waals surface area contributed by atoms with Crippen molar-refractivity contribution < 1.29 is 18.3 Å². The van der Waals surface area contributed by atoms with E-state index >= 15 is 0 Å². The van der Waals surface area contributed by atoms with Crippen molar-refractivity contribution in [2.75, 3.05) is 6.54 Å². The van der Waals surface area contributed by atoms with E-state index in [0.717, 1.165) is 10.4 Å². The highest BCUT2D eigenvalue weighted by atomic mass is 35.5. The minimum atomic E-state index is -4.15. The zero-order valence-electron chi connectivity index (χ0n) is 11.8. The number of halogens is 1. The summed E-state index contributed by atoms with van der Waals surface area (Å²) in [5, 5.41) is 17.7. The number of benzene rings is 1. The SMILES string of the molecule is CC(C)(C)N(CC(=O)O)S(=O)(=O)c1cc(C#N)ccc1Cl. The van der Waals surface area contributed by atoms with E-state index in [1.807, 2.05) is 6.07 Å². The van der Waals surface area contributed by atoms with Gasteiger partial charge in [-0.1, -0.05) is 11.6 Å². The fourth-order valence-corrected chi connectivity index (χ4v) is 3.93. The van der Waals surface area contributed by atoms with Gasteiger partial charge in [0.15, 0.2) is 0 Å². The fourth-order valence-electron chi connectivity index (χ4n) is 1.69. The van der Waals surface area contributed by atoms with Crippen molar-refractivity contribution in [3.63, 3.8) is 0 Å². The minimum Gasteiger partial charge on any atom is -0.480 e. The molecular weight excluding hydrogens is 316 g/mol. The zero-order chi connectivity index (χ0) is 16.4. The fraction of sp³-hybridized carbons (Fsp3) is 0.385. The van der Waals surface area contributed by atoms with Crippen molar-refractivity contribution in [3.8, 4) is 6.07 Å². The highest BCUT2D eigenvalue weighted by molar-refractivity contribution is 7.89. The van der Waals surface area contributed by atoms with Crippen LogP contribution in [0.25, 0.3) is 0 Å². The molecule has 1 aromatic carbocycles. The van der Waals surface area contributed by atoms with Crippen LogP contribution in [0.4, 0.5) is 0 Å². The van der Waals surface area contributed by atoms with Gasteiger partial charge in [0.1, 0.15) is 11.4 Å². The molecule has 0 heterocycles. The summed E-state index contributed by atoms with van der Waals surface area (Å²) >= 11 is 5.91. The summed E-state index contributed by atoms with van der Waals surface area (Å²) in [4.78, 5) is 10.7. The average Bonchev–Trinajstić information content (AvgIpc) is 2.34. The van der Waals surface area contributed by atoms with Gasteiger partial charge in [-0.05, 0) is 39.0 Å². The molecular formula is C13H15ClN2O4S. The molecule has 0 amide bonds. The van der Waals surface area contributed by atoms with Crippen molar-refractivity contribution in [2.45, 2.75) is 31.2 Å². The highest BCUT2D eigenvalue weighted by Gasteiger charge is 2.36. The number of nitrogens with zero attached hydrogens (tertiary/aromatic N) is 2. The Morgan fingerprint density at radius 2 is 2.00 bits per heavy atom. The summed E-state index contributed by atoms with van der Waals surface area (Å²) in [7, 11) is -4.15. The number of carboxylic acids is 1. The van der Waals surface area contributed by atoms with Crippen molar-refractivity contribution in [1.29, 1.82) is 5.26 Å². The van der Waals surface area contributed by atoms with Crippen molar-refractivity contribution in [1.82, 2.24) is 4.31 Å². The highest BCUT2D eigenvalue weighted by Crippen LogP contribution is 2.29. The molecule has 1 N–H and O–H groups in total. The lowest BCUT2D eigenvalue weighted by atomic mass is 10.1. The van der Waals surface area contributed by atoms with Crippen molar-refractivity contribution in [3.05, 3.63) is 28.8 Å². The Labute approximate surface area is 128 Å². The number of hydrogen-bond acceptors (Lipinski definition) is 4. The molecule has 0 aliphatic rings. The molecule has 0 radical (unpaired) electrons.